The molecule has 1 aromatic carbocycles. The second-order valence-electron chi connectivity index (χ2n) is 6.19. The number of benzene rings is 1. The first-order valence-electron chi connectivity index (χ1n) is 8.57. The van der Waals surface area contributed by atoms with Gasteiger partial charge in [-0.25, -0.2) is 9.07 Å². The topological polar surface area (TPSA) is 69.0 Å². The monoisotopic (exact) mass is 368 g/mol. The normalized spacial score (nSPS) is 11.9. The van der Waals surface area contributed by atoms with E-state index in [0.29, 0.717) is 11.4 Å². The van der Waals surface area contributed by atoms with Crippen molar-refractivity contribution in [1.29, 1.82) is 0 Å². The molecule has 0 bridgehead atoms. The highest BCUT2D eigenvalue weighted by Gasteiger charge is 2.18. The Balaban J connectivity index is 1.72. The zero-order valence-corrected chi connectivity index (χ0v) is 15.4. The van der Waals surface area contributed by atoms with Gasteiger partial charge in [-0.15, -0.1) is 0 Å². The SMILES string of the molecule is COc1cccnc1CC(=O)NC(C)c1cnn(-c2ccc(F)cc2)c1C. The first-order valence-corrected chi connectivity index (χ1v) is 8.57. The Labute approximate surface area is 157 Å². The number of aromatic nitrogens is 3. The van der Waals surface area contributed by atoms with Gasteiger partial charge < -0.3 is 10.1 Å². The first-order chi connectivity index (χ1) is 13.0. The number of pyridine rings is 1. The van der Waals surface area contributed by atoms with Crippen molar-refractivity contribution in [3.05, 3.63) is 71.6 Å². The predicted octanol–water partition coefficient (Wildman–Crippen LogP) is 3.14. The summed E-state index contributed by atoms with van der Waals surface area (Å²) in [4.78, 5) is 16.6. The molecule has 6 nitrogen and oxygen atoms in total. The summed E-state index contributed by atoms with van der Waals surface area (Å²) >= 11 is 0. The quantitative estimate of drug-likeness (QED) is 0.726. The van der Waals surface area contributed by atoms with Crippen LogP contribution in [0.5, 0.6) is 5.75 Å². The van der Waals surface area contributed by atoms with Crippen molar-refractivity contribution < 1.29 is 13.9 Å². The molecule has 1 N–H and O–H groups in total. The van der Waals surface area contributed by atoms with Gasteiger partial charge in [0, 0.05) is 17.5 Å². The van der Waals surface area contributed by atoms with E-state index in [1.807, 2.05) is 13.8 Å². The van der Waals surface area contributed by atoms with Gasteiger partial charge in [0.1, 0.15) is 11.6 Å². The molecule has 1 unspecified atom stereocenters. The smallest absolute Gasteiger partial charge is 0.226 e. The summed E-state index contributed by atoms with van der Waals surface area (Å²) < 4.78 is 20.1. The number of hydrogen-bond donors (Lipinski definition) is 1. The average Bonchev–Trinajstić information content (AvgIpc) is 3.04. The summed E-state index contributed by atoms with van der Waals surface area (Å²) in [5.41, 5.74) is 3.12. The Morgan fingerprint density at radius 2 is 2.04 bits per heavy atom. The van der Waals surface area contributed by atoms with E-state index in [-0.39, 0.29) is 24.2 Å². The summed E-state index contributed by atoms with van der Waals surface area (Å²) in [5, 5.41) is 7.33. The lowest BCUT2D eigenvalue weighted by atomic mass is 10.1. The first kappa shape index (κ1) is 18.6. The van der Waals surface area contributed by atoms with E-state index in [0.717, 1.165) is 16.9 Å². The molecule has 0 aliphatic carbocycles. The summed E-state index contributed by atoms with van der Waals surface area (Å²) in [6.45, 7) is 3.81. The van der Waals surface area contributed by atoms with Crippen LogP contribution < -0.4 is 10.1 Å². The molecule has 0 saturated heterocycles. The molecule has 0 saturated carbocycles. The molecule has 2 heterocycles. The third-order valence-electron chi connectivity index (χ3n) is 4.36. The highest BCUT2D eigenvalue weighted by atomic mass is 19.1. The van der Waals surface area contributed by atoms with Gasteiger partial charge in [-0.1, -0.05) is 0 Å². The summed E-state index contributed by atoms with van der Waals surface area (Å²) in [6, 6.07) is 9.40. The Kier molecular flexibility index (Phi) is 5.49. The van der Waals surface area contributed by atoms with Crippen LogP contribution in [0.1, 0.15) is 29.9 Å². The van der Waals surface area contributed by atoms with Gasteiger partial charge in [0.25, 0.3) is 0 Å². The standard InChI is InChI=1S/C20H21FN4O2/c1-13(24-20(26)11-18-19(27-3)5-4-10-22-18)17-12-23-25(14(17)2)16-8-6-15(21)7-9-16/h4-10,12-13H,11H2,1-3H3,(H,24,26). The molecule has 1 atom stereocenters. The van der Waals surface area contributed by atoms with E-state index in [2.05, 4.69) is 15.4 Å². The van der Waals surface area contributed by atoms with Gasteiger partial charge in [-0.3, -0.25) is 9.78 Å². The van der Waals surface area contributed by atoms with Crippen LogP contribution in [-0.4, -0.2) is 27.8 Å². The maximum absolute atomic E-state index is 13.1. The Bertz CT molecular complexity index is 937. The third-order valence-corrected chi connectivity index (χ3v) is 4.36. The minimum absolute atomic E-state index is 0.125. The molecule has 0 radical (unpaired) electrons. The molecule has 3 aromatic rings. The lowest BCUT2D eigenvalue weighted by molar-refractivity contribution is -0.121. The number of amides is 1. The summed E-state index contributed by atoms with van der Waals surface area (Å²) in [6.07, 6.45) is 3.47. The fourth-order valence-corrected chi connectivity index (χ4v) is 2.95. The number of carbonyl (C=O) groups excluding carboxylic acids is 1. The molecule has 140 valence electrons. The largest absolute Gasteiger partial charge is 0.495 e. The number of nitrogens with one attached hydrogen (secondary N) is 1. The van der Waals surface area contributed by atoms with Crippen LogP contribution >= 0.6 is 0 Å². The fraction of sp³-hybridized carbons (Fsp3) is 0.250. The van der Waals surface area contributed by atoms with E-state index in [1.54, 1.807) is 48.5 Å². The van der Waals surface area contributed by atoms with Crippen molar-refractivity contribution >= 4 is 5.91 Å². The molecular weight excluding hydrogens is 347 g/mol. The molecule has 0 spiro atoms. The van der Waals surface area contributed by atoms with E-state index in [9.17, 15) is 9.18 Å². The van der Waals surface area contributed by atoms with Crippen LogP contribution in [0.25, 0.3) is 5.69 Å². The van der Waals surface area contributed by atoms with Gasteiger partial charge in [0.05, 0.1) is 37.2 Å². The van der Waals surface area contributed by atoms with Crippen LogP contribution in [0.2, 0.25) is 0 Å². The second-order valence-corrected chi connectivity index (χ2v) is 6.19. The maximum Gasteiger partial charge on any atom is 0.226 e. The van der Waals surface area contributed by atoms with Crippen LogP contribution in [0.4, 0.5) is 4.39 Å². The van der Waals surface area contributed by atoms with Gasteiger partial charge >= 0.3 is 0 Å². The molecule has 7 heteroatoms. The molecule has 2 aromatic heterocycles. The van der Waals surface area contributed by atoms with Crippen molar-refractivity contribution in [2.75, 3.05) is 7.11 Å². The highest BCUT2D eigenvalue weighted by molar-refractivity contribution is 5.79. The third kappa shape index (κ3) is 4.13. The van der Waals surface area contributed by atoms with E-state index < -0.39 is 0 Å². The lowest BCUT2D eigenvalue weighted by Gasteiger charge is -2.15. The average molecular weight is 368 g/mol. The number of halogens is 1. The highest BCUT2D eigenvalue weighted by Crippen LogP contribution is 2.21. The van der Waals surface area contributed by atoms with Crippen molar-refractivity contribution in [2.24, 2.45) is 0 Å². The van der Waals surface area contributed by atoms with Crippen LogP contribution in [0.3, 0.4) is 0 Å². The van der Waals surface area contributed by atoms with Gasteiger partial charge in [-0.2, -0.15) is 5.10 Å². The maximum atomic E-state index is 13.1. The molecule has 0 aliphatic rings. The minimum atomic E-state index is -0.297. The number of methoxy groups -OCH3 is 1. The zero-order valence-electron chi connectivity index (χ0n) is 15.4. The number of rotatable bonds is 6. The Morgan fingerprint density at radius 3 is 2.74 bits per heavy atom. The van der Waals surface area contributed by atoms with Gasteiger partial charge in [0.15, 0.2) is 0 Å². The van der Waals surface area contributed by atoms with Gasteiger partial charge in [0.2, 0.25) is 5.91 Å². The molecule has 1 amide bonds. The summed E-state index contributed by atoms with van der Waals surface area (Å²) in [7, 11) is 1.55. The molecule has 0 aliphatic heterocycles. The number of ether oxygens (including phenoxy) is 1. The van der Waals surface area contributed by atoms with Crippen molar-refractivity contribution in [3.63, 3.8) is 0 Å². The summed E-state index contributed by atoms with van der Waals surface area (Å²) in [5.74, 6) is 0.128. The number of nitrogens with zero attached hydrogens (tertiary/aromatic N) is 3. The molecule has 0 fully saturated rings. The van der Waals surface area contributed by atoms with Crippen LogP contribution in [0.15, 0.2) is 48.8 Å². The van der Waals surface area contributed by atoms with Gasteiger partial charge in [-0.05, 0) is 50.2 Å². The Morgan fingerprint density at radius 1 is 1.30 bits per heavy atom. The lowest BCUT2D eigenvalue weighted by Crippen LogP contribution is -2.28. The zero-order chi connectivity index (χ0) is 19.4. The van der Waals surface area contributed by atoms with E-state index in [1.165, 1.54) is 12.1 Å². The number of carbonyl (C=O) groups is 1. The van der Waals surface area contributed by atoms with Crippen molar-refractivity contribution in [1.82, 2.24) is 20.1 Å². The van der Waals surface area contributed by atoms with Crippen molar-refractivity contribution in [2.45, 2.75) is 26.3 Å². The second kappa shape index (κ2) is 7.99. The van der Waals surface area contributed by atoms with E-state index in [4.69, 9.17) is 4.74 Å². The fourth-order valence-electron chi connectivity index (χ4n) is 2.95. The van der Waals surface area contributed by atoms with Crippen LogP contribution in [0, 0.1) is 12.7 Å². The Hall–Kier alpha value is -3.22. The predicted molar refractivity (Wildman–Crippen MR) is 99.3 cm³/mol. The van der Waals surface area contributed by atoms with E-state index >= 15 is 0 Å². The minimum Gasteiger partial charge on any atom is -0.495 e. The molecule has 3 rings (SSSR count). The molecular formula is C20H21FN4O2. The van der Waals surface area contributed by atoms with Crippen molar-refractivity contribution in [3.8, 4) is 11.4 Å². The van der Waals surface area contributed by atoms with Crippen LogP contribution in [-0.2, 0) is 11.2 Å². The number of hydrogen-bond acceptors (Lipinski definition) is 4. The molecule has 27 heavy (non-hydrogen) atoms.